The molecule has 3 aromatic rings. The van der Waals surface area contributed by atoms with Crippen molar-refractivity contribution in [3.63, 3.8) is 0 Å². The van der Waals surface area contributed by atoms with Crippen molar-refractivity contribution < 1.29 is 4.39 Å². The lowest BCUT2D eigenvalue weighted by Gasteiger charge is -2.15. The first-order valence-electron chi connectivity index (χ1n) is 9.87. The molecule has 0 atom stereocenters. The van der Waals surface area contributed by atoms with E-state index in [-0.39, 0.29) is 5.82 Å². The number of nitrogens with zero attached hydrogens (tertiary/aromatic N) is 3. The van der Waals surface area contributed by atoms with Gasteiger partial charge in [-0.05, 0) is 93.7 Å². The zero-order valence-corrected chi connectivity index (χ0v) is 16.9. The van der Waals surface area contributed by atoms with Gasteiger partial charge in [-0.15, -0.1) is 0 Å². The second-order valence-electron chi connectivity index (χ2n) is 7.72. The van der Waals surface area contributed by atoms with Crippen molar-refractivity contribution in [3.05, 3.63) is 71.3 Å². The lowest BCUT2D eigenvalue weighted by molar-refractivity contribution is 0.316. The van der Waals surface area contributed by atoms with Crippen LogP contribution in [0.2, 0.25) is 5.02 Å². The minimum Gasteiger partial charge on any atom is -0.306 e. The molecule has 0 radical (unpaired) electrons. The second-order valence-corrected chi connectivity index (χ2v) is 8.15. The molecule has 28 heavy (non-hydrogen) atoms. The third kappa shape index (κ3) is 4.81. The molecule has 1 fully saturated rings. The fourth-order valence-electron chi connectivity index (χ4n) is 3.51. The summed E-state index contributed by atoms with van der Waals surface area (Å²) < 4.78 is 15.4. The average molecular weight is 398 g/mol. The van der Waals surface area contributed by atoms with Gasteiger partial charge >= 0.3 is 0 Å². The van der Waals surface area contributed by atoms with E-state index in [4.69, 9.17) is 16.6 Å². The number of aryl methyl sites for hydroxylation is 1. The van der Waals surface area contributed by atoms with E-state index in [1.54, 1.807) is 12.1 Å². The molecule has 0 aliphatic heterocycles. The van der Waals surface area contributed by atoms with Gasteiger partial charge in [0, 0.05) is 29.0 Å². The van der Waals surface area contributed by atoms with Crippen LogP contribution in [0.25, 0.3) is 17.1 Å². The van der Waals surface area contributed by atoms with Crippen LogP contribution in [0.4, 0.5) is 4.39 Å². The highest BCUT2D eigenvalue weighted by Crippen LogP contribution is 2.29. The molecule has 0 saturated heterocycles. The number of aromatic nitrogens is 2. The molecule has 0 N–H and O–H groups in total. The molecule has 1 aliphatic rings. The Morgan fingerprint density at radius 2 is 1.82 bits per heavy atom. The van der Waals surface area contributed by atoms with Crippen LogP contribution < -0.4 is 0 Å². The summed E-state index contributed by atoms with van der Waals surface area (Å²) in [7, 11) is 2.20. The Morgan fingerprint density at radius 1 is 1.11 bits per heavy atom. The first-order valence-corrected chi connectivity index (χ1v) is 10.2. The van der Waals surface area contributed by atoms with E-state index in [9.17, 15) is 4.39 Å². The van der Waals surface area contributed by atoms with E-state index in [1.165, 1.54) is 31.5 Å². The van der Waals surface area contributed by atoms with E-state index < -0.39 is 0 Å². The molecular weight excluding hydrogens is 373 g/mol. The van der Waals surface area contributed by atoms with Crippen LogP contribution in [0.1, 0.15) is 25.0 Å². The first kappa shape index (κ1) is 19.2. The van der Waals surface area contributed by atoms with Crippen LogP contribution in [0.3, 0.4) is 0 Å². The molecule has 0 bridgehead atoms. The van der Waals surface area contributed by atoms with Gasteiger partial charge in [-0.1, -0.05) is 11.6 Å². The Balaban J connectivity index is 1.54. The summed E-state index contributed by atoms with van der Waals surface area (Å²) in [5.41, 5.74) is 2.94. The van der Waals surface area contributed by atoms with Gasteiger partial charge < -0.3 is 4.90 Å². The molecule has 1 aromatic heterocycles. The van der Waals surface area contributed by atoms with Gasteiger partial charge in [0.05, 0.1) is 5.69 Å². The van der Waals surface area contributed by atoms with E-state index in [0.29, 0.717) is 5.02 Å². The van der Waals surface area contributed by atoms with E-state index >= 15 is 0 Å². The molecule has 0 unspecified atom stereocenters. The lowest BCUT2D eigenvalue weighted by Crippen LogP contribution is -2.22. The SMILES string of the molecule is CN(CCCc1cn(-c2ccc(Cl)cc2)c(-c2ccc(F)cc2)n1)CC1CC1. The van der Waals surface area contributed by atoms with Gasteiger partial charge in [-0.2, -0.15) is 0 Å². The minimum atomic E-state index is -0.243. The molecule has 2 aromatic carbocycles. The lowest BCUT2D eigenvalue weighted by atomic mass is 10.2. The molecule has 3 nitrogen and oxygen atoms in total. The summed E-state index contributed by atoms with van der Waals surface area (Å²) in [6, 6.07) is 14.2. The van der Waals surface area contributed by atoms with Crippen molar-refractivity contribution in [1.82, 2.24) is 14.5 Å². The van der Waals surface area contributed by atoms with Crippen molar-refractivity contribution in [2.75, 3.05) is 20.1 Å². The highest BCUT2D eigenvalue weighted by molar-refractivity contribution is 6.30. The van der Waals surface area contributed by atoms with Crippen molar-refractivity contribution in [1.29, 1.82) is 0 Å². The van der Waals surface area contributed by atoms with Crippen molar-refractivity contribution in [2.24, 2.45) is 5.92 Å². The Kier molecular flexibility index (Phi) is 5.79. The third-order valence-corrected chi connectivity index (χ3v) is 5.45. The van der Waals surface area contributed by atoms with Gasteiger partial charge in [0.15, 0.2) is 0 Å². The molecule has 1 saturated carbocycles. The van der Waals surface area contributed by atoms with Crippen molar-refractivity contribution >= 4 is 11.6 Å². The molecule has 1 aliphatic carbocycles. The number of halogens is 2. The predicted octanol–water partition coefficient (Wildman–Crippen LogP) is 5.61. The minimum absolute atomic E-state index is 0.243. The summed E-state index contributed by atoms with van der Waals surface area (Å²) in [6.07, 6.45) is 6.85. The quantitative estimate of drug-likeness (QED) is 0.492. The van der Waals surface area contributed by atoms with Crippen LogP contribution >= 0.6 is 11.6 Å². The maximum atomic E-state index is 13.4. The molecule has 1 heterocycles. The number of hydrogen-bond donors (Lipinski definition) is 0. The molecular formula is C23H25ClFN3. The zero-order valence-electron chi connectivity index (χ0n) is 16.1. The van der Waals surface area contributed by atoms with E-state index in [0.717, 1.165) is 48.1 Å². The summed E-state index contributed by atoms with van der Waals surface area (Å²) in [6.45, 7) is 2.29. The van der Waals surface area contributed by atoms with Gasteiger partial charge in [0.1, 0.15) is 11.6 Å². The monoisotopic (exact) mass is 397 g/mol. The van der Waals surface area contributed by atoms with Crippen LogP contribution in [0.5, 0.6) is 0 Å². The Hall–Kier alpha value is -2.17. The Bertz CT molecular complexity index is 851. The largest absolute Gasteiger partial charge is 0.306 e. The van der Waals surface area contributed by atoms with Gasteiger partial charge in [0.25, 0.3) is 0 Å². The van der Waals surface area contributed by atoms with Crippen molar-refractivity contribution in [3.8, 4) is 17.1 Å². The maximum absolute atomic E-state index is 13.4. The number of benzene rings is 2. The number of hydrogen-bond acceptors (Lipinski definition) is 2. The van der Waals surface area contributed by atoms with Crippen LogP contribution in [-0.4, -0.2) is 34.6 Å². The molecule has 146 valence electrons. The summed E-state index contributed by atoms with van der Waals surface area (Å²) in [5, 5.41) is 0.700. The standard InChI is InChI=1S/C23H25ClFN3/c1-27(15-17-4-5-17)14-2-3-21-16-28(22-12-8-19(24)9-13-22)23(26-21)18-6-10-20(25)11-7-18/h6-13,16-17H,2-5,14-15H2,1H3. The molecule has 0 amide bonds. The average Bonchev–Trinajstić information content (AvgIpc) is 3.39. The Morgan fingerprint density at radius 3 is 2.50 bits per heavy atom. The molecule has 0 spiro atoms. The van der Waals surface area contributed by atoms with Gasteiger partial charge in [0.2, 0.25) is 0 Å². The topological polar surface area (TPSA) is 21.1 Å². The van der Waals surface area contributed by atoms with Crippen LogP contribution in [0, 0.1) is 11.7 Å². The fourth-order valence-corrected chi connectivity index (χ4v) is 3.64. The van der Waals surface area contributed by atoms with E-state index in [2.05, 4.69) is 22.7 Å². The zero-order chi connectivity index (χ0) is 19.5. The maximum Gasteiger partial charge on any atom is 0.144 e. The smallest absolute Gasteiger partial charge is 0.144 e. The summed E-state index contributed by atoms with van der Waals surface area (Å²) >= 11 is 6.05. The Labute approximate surface area is 170 Å². The molecule has 4 rings (SSSR count). The predicted molar refractivity (Wildman–Crippen MR) is 113 cm³/mol. The van der Waals surface area contributed by atoms with E-state index in [1.807, 2.05) is 24.3 Å². The highest BCUT2D eigenvalue weighted by Gasteiger charge is 2.22. The van der Waals surface area contributed by atoms with Crippen LogP contribution in [-0.2, 0) is 6.42 Å². The molecule has 5 heteroatoms. The number of imidazole rings is 1. The second kappa shape index (κ2) is 8.46. The first-order chi connectivity index (χ1) is 13.6. The highest BCUT2D eigenvalue weighted by atomic mass is 35.5. The van der Waals surface area contributed by atoms with Gasteiger partial charge in [-0.3, -0.25) is 4.57 Å². The van der Waals surface area contributed by atoms with Gasteiger partial charge in [-0.25, -0.2) is 9.37 Å². The number of rotatable bonds is 8. The summed E-state index contributed by atoms with van der Waals surface area (Å²) in [4.78, 5) is 7.29. The fraction of sp³-hybridized carbons (Fsp3) is 0.348. The normalized spacial score (nSPS) is 14.0. The summed E-state index contributed by atoms with van der Waals surface area (Å²) in [5.74, 6) is 1.50. The van der Waals surface area contributed by atoms with Crippen LogP contribution in [0.15, 0.2) is 54.7 Å². The third-order valence-electron chi connectivity index (χ3n) is 5.20. The van der Waals surface area contributed by atoms with Crippen molar-refractivity contribution in [2.45, 2.75) is 25.7 Å².